The molecule has 0 unspecified atom stereocenters. The lowest BCUT2D eigenvalue weighted by molar-refractivity contribution is -0.0282. The molecule has 2 atom stereocenters. The third-order valence-electron chi connectivity index (χ3n) is 6.08. The Morgan fingerprint density at radius 1 is 1.11 bits per heavy atom. The molecule has 0 saturated carbocycles. The molecule has 3 heterocycles. The van der Waals surface area contributed by atoms with Gasteiger partial charge in [-0.3, -0.25) is 0 Å². The zero-order chi connectivity index (χ0) is 19.8. The Morgan fingerprint density at radius 3 is 2.64 bits per heavy atom. The molecule has 6 nitrogen and oxygen atoms in total. The molecule has 2 fully saturated rings. The van der Waals surface area contributed by atoms with Gasteiger partial charge in [-0.25, -0.2) is 0 Å². The van der Waals surface area contributed by atoms with E-state index in [9.17, 15) is 5.11 Å². The standard InChI is InChI=1S/C22H30N4O2/c1-5-25-7-6-19-17(13-25)26(8-9-28-19)20-12-16(4)22(24-23-20)21-15(3)10-14(2)11-18(21)27/h10-12,17,19,27H,5-9,13H2,1-4H3/t17-,19+/m0/s1. The number of likely N-dealkylation sites (N-methyl/N-ethyl adjacent to an activating group) is 1. The molecule has 4 rings (SSSR count). The molecular formula is C22H30N4O2. The minimum atomic E-state index is 0.264. The second kappa shape index (κ2) is 7.68. The molecule has 1 aromatic heterocycles. The van der Waals surface area contributed by atoms with Crippen LogP contribution < -0.4 is 4.90 Å². The minimum Gasteiger partial charge on any atom is -0.507 e. The smallest absolute Gasteiger partial charge is 0.152 e. The lowest BCUT2D eigenvalue weighted by atomic mass is 9.97. The van der Waals surface area contributed by atoms with Crippen molar-refractivity contribution < 1.29 is 9.84 Å². The first kappa shape index (κ1) is 19.2. The summed E-state index contributed by atoms with van der Waals surface area (Å²) in [5.41, 5.74) is 4.61. The van der Waals surface area contributed by atoms with Gasteiger partial charge in [0.25, 0.3) is 0 Å². The highest BCUT2D eigenvalue weighted by Gasteiger charge is 2.37. The Bertz CT molecular complexity index is 847. The number of benzene rings is 1. The molecule has 1 N–H and O–H groups in total. The van der Waals surface area contributed by atoms with Gasteiger partial charge in [0.15, 0.2) is 5.82 Å². The fraction of sp³-hybridized carbons (Fsp3) is 0.545. The average Bonchev–Trinajstić information content (AvgIpc) is 2.67. The molecular weight excluding hydrogens is 352 g/mol. The molecule has 6 heteroatoms. The normalized spacial score (nSPS) is 22.9. The Kier molecular flexibility index (Phi) is 5.25. The van der Waals surface area contributed by atoms with Gasteiger partial charge >= 0.3 is 0 Å². The van der Waals surface area contributed by atoms with Crippen molar-refractivity contribution in [3.63, 3.8) is 0 Å². The summed E-state index contributed by atoms with van der Waals surface area (Å²) in [6, 6.07) is 6.27. The SMILES string of the molecule is CCN1CC[C@H]2OCCN(c3cc(C)c(-c4c(C)cc(C)cc4O)nn3)[C@H]2C1. The van der Waals surface area contributed by atoms with Crippen LogP contribution in [0, 0.1) is 20.8 Å². The first-order valence-corrected chi connectivity index (χ1v) is 10.2. The number of nitrogens with zero attached hydrogens (tertiary/aromatic N) is 4. The van der Waals surface area contributed by atoms with E-state index >= 15 is 0 Å². The van der Waals surface area contributed by atoms with E-state index in [2.05, 4.69) is 39.1 Å². The Morgan fingerprint density at radius 2 is 1.93 bits per heavy atom. The summed E-state index contributed by atoms with van der Waals surface area (Å²) in [5, 5.41) is 19.6. The molecule has 2 aromatic rings. The number of hydrogen-bond donors (Lipinski definition) is 1. The summed E-state index contributed by atoms with van der Waals surface area (Å²) in [6.45, 7) is 13.0. The quantitative estimate of drug-likeness (QED) is 0.880. The van der Waals surface area contributed by atoms with E-state index in [0.717, 1.165) is 73.0 Å². The third kappa shape index (κ3) is 3.47. The van der Waals surface area contributed by atoms with Crippen molar-refractivity contribution in [2.75, 3.05) is 37.7 Å². The number of fused-ring (bicyclic) bond motifs is 1. The van der Waals surface area contributed by atoms with E-state index in [4.69, 9.17) is 4.74 Å². The number of aromatic nitrogens is 2. The first-order chi connectivity index (χ1) is 13.5. The minimum absolute atomic E-state index is 0.264. The van der Waals surface area contributed by atoms with Gasteiger partial charge in [0.05, 0.1) is 24.4 Å². The van der Waals surface area contributed by atoms with Crippen molar-refractivity contribution in [1.82, 2.24) is 15.1 Å². The lowest BCUT2D eigenvalue weighted by Crippen LogP contribution is -2.60. The van der Waals surface area contributed by atoms with Gasteiger partial charge in [-0.05, 0) is 62.6 Å². The molecule has 0 spiro atoms. The van der Waals surface area contributed by atoms with Crippen molar-refractivity contribution in [3.05, 3.63) is 34.9 Å². The number of aromatic hydroxyl groups is 1. The van der Waals surface area contributed by atoms with Crippen molar-refractivity contribution in [3.8, 4) is 17.0 Å². The van der Waals surface area contributed by atoms with Crippen LogP contribution in [0.25, 0.3) is 11.3 Å². The maximum Gasteiger partial charge on any atom is 0.152 e. The topological polar surface area (TPSA) is 61.7 Å². The van der Waals surface area contributed by atoms with E-state index in [1.165, 1.54) is 0 Å². The average molecular weight is 383 g/mol. The van der Waals surface area contributed by atoms with Crippen LogP contribution in [0.2, 0.25) is 0 Å². The van der Waals surface area contributed by atoms with Crippen LogP contribution in [0.4, 0.5) is 5.82 Å². The van der Waals surface area contributed by atoms with Crippen LogP contribution in [-0.4, -0.2) is 65.1 Å². The van der Waals surface area contributed by atoms with Gasteiger partial charge in [0.1, 0.15) is 5.75 Å². The van der Waals surface area contributed by atoms with E-state index in [1.807, 2.05) is 20.8 Å². The van der Waals surface area contributed by atoms with Crippen LogP contribution in [0.3, 0.4) is 0 Å². The summed E-state index contributed by atoms with van der Waals surface area (Å²) in [4.78, 5) is 4.84. The van der Waals surface area contributed by atoms with Crippen LogP contribution in [-0.2, 0) is 4.74 Å². The molecule has 2 aliphatic heterocycles. The predicted octanol–water partition coefficient (Wildman–Crippen LogP) is 3.07. The van der Waals surface area contributed by atoms with Gasteiger partial charge in [-0.2, -0.15) is 0 Å². The van der Waals surface area contributed by atoms with Gasteiger partial charge in [-0.1, -0.05) is 13.0 Å². The zero-order valence-electron chi connectivity index (χ0n) is 17.3. The predicted molar refractivity (Wildman–Crippen MR) is 111 cm³/mol. The van der Waals surface area contributed by atoms with Crippen molar-refractivity contribution >= 4 is 5.82 Å². The number of anilines is 1. The Labute approximate surface area is 167 Å². The summed E-state index contributed by atoms with van der Waals surface area (Å²) in [7, 11) is 0. The maximum atomic E-state index is 10.5. The summed E-state index contributed by atoms with van der Waals surface area (Å²) >= 11 is 0. The number of piperidine rings is 1. The number of phenolic OH excluding ortho intramolecular Hbond substituents is 1. The van der Waals surface area contributed by atoms with Crippen LogP contribution in [0.5, 0.6) is 5.75 Å². The van der Waals surface area contributed by atoms with Gasteiger partial charge in [0.2, 0.25) is 0 Å². The highest BCUT2D eigenvalue weighted by atomic mass is 16.5. The highest BCUT2D eigenvalue weighted by molar-refractivity contribution is 5.74. The summed E-state index contributed by atoms with van der Waals surface area (Å²) in [5.74, 6) is 1.17. The number of rotatable bonds is 3. The molecule has 0 aliphatic carbocycles. The molecule has 150 valence electrons. The third-order valence-corrected chi connectivity index (χ3v) is 6.08. The largest absolute Gasteiger partial charge is 0.507 e. The monoisotopic (exact) mass is 382 g/mol. The number of hydrogen-bond acceptors (Lipinski definition) is 6. The van der Waals surface area contributed by atoms with Gasteiger partial charge in [0, 0.05) is 25.2 Å². The molecule has 0 bridgehead atoms. The Balaban J connectivity index is 1.66. The van der Waals surface area contributed by atoms with Crippen LogP contribution in [0.1, 0.15) is 30.0 Å². The first-order valence-electron chi connectivity index (χ1n) is 10.2. The van der Waals surface area contributed by atoms with Gasteiger partial charge < -0.3 is 19.6 Å². The Hall–Kier alpha value is -2.18. The summed E-state index contributed by atoms with van der Waals surface area (Å²) in [6.07, 6.45) is 1.33. The molecule has 1 aromatic carbocycles. The maximum absolute atomic E-state index is 10.5. The van der Waals surface area contributed by atoms with Crippen molar-refractivity contribution in [2.45, 2.75) is 46.3 Å². The molecule has 0 amide bonds. The number of aryl methyl sites for hydroxylation is 3. The van der Waals surface area contributed by atoms with Crippen molar-refractivity contribution in [1.29, 1.82) is 0 Å². The number of morpholine rings is 1. The second-order valence-corrected chi connectivity index (χ2v) is 8.06. The van der Waals surface area contributed by atoms with E-state index in [-0.39, 0.29) is 11.9 Å². The molecule has 2 aliphatic rings. The lowest BCUT2D eigenvalue weighted by Gasteiger charge is -2.47. The summed E-state index contributed by atoms with van der Waals surface area (Å²) < 4.78 is 6.04. The second-order valence-electron chi connectivity index (χ2n) is 8.06. The van der Waals surface area contributed by atoms with E-state index in [0.29, 0.717) is 6.04 Å². The molecule has 0 radical (unpaired) electrons. The van der Waals surface area contributed by atoms with E-state index < -0.39 is 0 Å². The fourth-order valence-corrected chi connectivity index (χ4v) is 4.62. The highest BCUT2D eigenvalue weighted by Crippen LogP contribution is 2.35. The zero-order valence-corrected chi connectivity index (χ0v) is 17.3. The number of ether oxygens (including phenoxy) is 1. The molecule has 2 saturated heterocycles. The van der Waals surface area contributed by atoms with Crippen LogP contribution in [0.15, 0.2) is 18.2 Å². The fourth-order valence-electron chi connectivity index (χ4n) is 4.62. The van der Waals surface area contributed by atoms with Crippen LogP contribution >= 0.6 is 0 Å². The number of phenols is 1. The van der Waals surface area contributed by atoms with Gasteiger partial charge in [-0.15, -0.1) is 10.2 Å². The molecule has 28 heavy (non-hydrogen) atoms. The van der Waals surface area contributed by atoms with E-state index in [1.54, 1.807) is 6.07 Å². The van der Waals surface area contributed by atoms with Crippen molar-refractivity contribution in [2.24, 2.45) is 0 Å². The number of likely N-dealkylation sites (tertiary alicyclic amines) is 1.